The lowest BCUT2D eigenvalue weighted by Crippen LogP contribution is -2.52. The van der Waals surface area contributed by atoms with Crippen LogP contribution < -0.4 is 10.6 Å². The van der Waals surface area contributed by atoms with E-state index in [2.05, 4.69) is 10.6 Å². The molecular weight excluding hydrogens is 436 g/mol. The van der Waals surface area contributed by atoms with Gasteiger partial charge in [-0.25, -0.2) is 9.59 Å². The summed E-state index contributed by atoms with van der Waals surface area (Å²) in [4.78, 5) is 35.9. The van der Waals surface area contributed by atoms with Crippen LogP contribution in [0.15, 0.2) is 0 Å². The van der Waals surface area contributed by atoms with E-state index < -0.39 is 50.6 Å². The summed E-state index contributed by atoms with van der Waals surface area (Å²) in [6.45, 7) is 6.43. The number of rotatable bonds is 8. The predicted octanol–water partition coefficient (Wildman–Crippen LogP) is 2.35. The van der Waals surface area contributed by atoms with E-state index in [0.29, 0.717) is 0 Å². The smallest absolute Gasteiger partial charge is 0.407 e. The minimum Gasteiger partial charge on any atom is -0.480 e. The second-order valence-electron chi connectivity index (χ2n) is 8.04. The van der Waals surface area contributed by atoms with E-state index in [4.69, 9.17) is 4.74 Å². The Morgan fingerprint density at radius 2 is 1.62 bits per heavy atom. The van der Waals surface area contributed by atoms with Gasteiger partial charge in [0.15, 0.2) is 0 Å². The summed E-state index contributed by atoms with van der Waals surface area (Å²) in [6.07, 6.45) is 5.22. The number of nitrogens with one attached hydrogen (secondary N) is 2. The number of carboxylic acid groups (broad SMARTS) is 1. The highest BCUT2D eigenvalue weighted by molar-refractivity contribution is 8.33. The van der Waals surface area contributed by atoms with Gasteiger partial charge in [-0.2, -0.15) is 0 Å². The first-order chi connectivity index (χ1) is 13.2. The number of thioether (sulfide) groups is 3. The molecule has 0 heterocycles. The van der Waals surface area contributed by atoms with Crippen molar-refractivity contribution in [3.63, 3.8) is 0 Å². The van der Waals surface area contributed by atoms with E-state index in [9.17, 15) is 24.6 Å². The number of hydrogen-bond acceptors (Lipinski definition) is 8. The molecule has 0 spiro atoms. The van der Waals surface area contributed by atoms with Crippen molar-refractivity contribution < 1.29 is 29.3 Å². The Hall–Kier alpha value is -0.780. The highest BCUT2D eigenvalue weighted by Crippen LogP contribution is 2.58. The lowest BCUT2D eigenvalue weighted by Gasteiger charge is -2.42. The van der Waals surface area contributed by atoms with Gasteiger partial charge in [-0.15, -0.1) is 35.3 Å². The molecule has 168 valence electrons. The summed E-state index contributed by atoms with van der Waals surface area (Å²) in [5.74, 6) is -2.41. The van der Waals surface area contributed by atoms with Crippen LogP contribution in [0.1, 0.15) is 40.5 Å². The Bertz CT molecular complexity index is 615. The summed E-state index contributed by atoms with van der Waals surface area (Å²) >= 11 is 4.43. The van der Waals surface area contributed by atoms with Crippen molar-refractivity contribution in [2.45, 2.75) is 67.2 Å². The van der Waals surface area contributed by atoms with Crippen molar-refractivity contribution in [2.24, 2.45) is 5.92 Å². The molecule has 4 N–H and O–H groups in total. The SMILES string of the molecule is CSC(SC)(SC)C1(O)CC(NC(=O)OC(C)(C)C)C(C(NC(C)=O)C(=O)O)C1. The van der Waals surface area contributed by atoms with Crippen molar-refractivity contribution >= 4 is 53.3 Å². The van der Waals surface area contributed by atoms with E-state index in [1.807, 2.05) is 18.8 Å². The molecule has 2 amide bonds. The topological polar surface area (TPSA) is 125 Å². The largest absolute Gasteiger partial charge is 0.480 e. The van der Waals surface area contributed by atoms with Crippen LogP contribution in [0.25, 0.3) is 0 Å². The van der Waals surface area contributed by atoms with Gasteiger partial charge in [-0.3, -0.25) is 4.79 Å². The fraction of sp³-hybridized carbons (Fsp3) is 0.833. The molecule has 1 aliphatic carbocycles. The average Bonchev–Trinajstić information content (AvgIpc) is 2.89. The number of ether oxygens (including phenoxy) is 1. The van der Waals surface area contributed by atoms with Gasteiger partial charge < -0.3 is 25.6 Å². The zero-order valence-corrected chi connectivity index (χ0v) is 20.3. The number of hydrogen-bond donors (Lipinski definition) is 4. The van der Waals surface area contributed by atoms with E-state index in [1.54, 1.807) is 20.8 Å². The van der Waals surface area contributed by atoms with Crippen molar-refractivity contribution in [1.82, 2.24) is 10.6 Å². The zero-order valence-electron chi connectivity index (χ0n) is 17.9. The molecule has 0 radical (unpaired) electrons. The number of carboxylic acids is 1. The summed E-state index contributed by atoms with van der Waals surface area (Å²) in [5, 5.41) is 26.5. The van der Waals surface area contributed by atoms with Gasteiger partial charge in [0, 0.05) is 18.9 Å². The molecule has 1 saturated carbocycles. The van der Waals surface area contributed by atoms with Gasteiger partial charge in [0.1, 0.15) is 20.7 Å². The van der Waals surface area contributed by atoms with Crippen LogP contribution in [0, 0.1) is 5.92 Å². The summed E-state index contributed by atoms with van der Waals surface area (Å²) in [7, 11) is 0. The summed E-state index contributed by atoms with van der Waals surface area (Å²) in [5.41, 5.74) is -2.00. The third-order valence-electron chi connectivity index (χ3n) is 4.78. The van der Waals surface area contributed by atoms with Crippen molar-refractivity contribution in [3.8, 4) is 0 Å². The second-order valence-corrected chi connectivity index (χ2v) is 11.9. The number of alkyl carbamates (subject to hydrolysis) is 1. The Labute approximate surface area is 185 Å². The maximum absolute atomic E-state index is 12.4. The Morgan fingerprint density at radius 3 is 2.00 bits per heavy atom. The quantitative estimate of drug-likeness (QED) is 0.397. The molecule has 0 saturated heterocycles. The molecule has 1 fully saturated rings. The molecule has 4 atom stereocenters. The van der Waals surface area contributed by atoms with E-state index >= 15 is 0 Å². The molecule has 8 nitrogen and oxygen atoms in total. The molecule has 1 rings (SSSR count). The van der Waals surface area contributed by atoms with Gasteiger partial charge in [0.05, 0.1) is 0 Å². The molecule has 1 aliphatic rings. The van der Waals surface area contributed by atoms with Crippen LogP contribution >= 0.6 is 35.3 Å². The zero-order chi connectivity index (χ0) is 22.6. The molecule has 0 aromatic carbocycles. The molecular formula is C18H32N2O6S3. The van der Waals surface area contributed by atoms with Crippen LogP contribution in [-0.4, -0.2) is 73.6 Å². The number of aliphatic carboxylic acids is 1. The first-order valence-corrected chi connectivity index (χ1v) is 12.8. The third kappa shape index (κ3) is 6.35. The summed E-state index contributed by atoms with van der Waals surface area (Å²) in [6, 6.07) is -1.93. The number of aliphatic hydroxyl groups is 1. The highest BCUT2D eigenvalue weighted by atomic mass is 32.3. The molecule has 0 aliphatic heterocycles. The number of carbonyl (C=O) groups is 3. The average molecular weight is 469 g/mol. The minimum atomic E-state index is -1.28. The molecule has 11 heteroatoms. The van der Waals surface area contributed by atoms with E-state index in [-0.39, 0.29) is 12.8 Å². The van der Waals surface area contributed by atoms with Gasteiger partial charge in [0.25, 0.3) is 0 Å². The minimum absolute atomic E-state index is 0.104. The molecule has 29 heavy (non-hydrogen) atoms. The van der Waals surface area contributed by atoms with Gasteiger partial charge in [-0.1, -0.05) is 0 Å². The van der Waals surface area contributed by atoms with Crippen LogP contribution in [-0.2, 0) is 14.3 Å². The maximum Gasteiger partial charge on any atom is 0.407 e. The lowest BCUT2D eigenvalue weighted by molar-refractivity contribution is -0.143. The first-order valence-electron chi connectivity index (χ1n) is 9.11. The molecule has 0 aromatic heterocycles. The fourth-order valence-corrected chi connectivity index (χ4v) is 7.38. The highest BCUT2D eigenvalue weighted by Gasteiger charge is 2.59. The molecule has 0 aromatic rings. The van der Waals surface area contributed by atoms with Crippen LogP contribution in [0.4, 0.5) is 4.79 Å². The molecule has 0 bridgehead atoms. The Morgan fingerprint density at radius 1 is 1.10 bits per heavy atom. The van der Waals surface area contributed by atoms with Crippen LogP contribution in [0.3, 0.4) is 0 Å². The number of amides is 2. The summed E-state index contributed by atoms with van der Waals surface area (Å²) < 4.78 is 4.66. The predicted molar refractivity (Wildman–Crippen MR) is 119 cm³/mol. The molecule has 4 unspecified atom stereocenters. The lowest BCUT2D eigenvalue weighted by atomic mass is 9.93. The van der Waals surface area contributed by atoms with Gasteiger partial charge in [0.2, 0.25) is 5.91 Å². The van der Waals surface area contributed by atoms with Crippen LogP contribution in [0.5, 0.6) is 0 Å². The standard InChI is InChI=1S/C18H32N2O6S3/c1-10(21)19-13(14(22)23)11-8-17(25,18(27-5,28-6)29-7)9-12(11)20-15(24)26-16(2,3)4/h11-13,25H,8-9H2,1-7H3,(H,19,21)(H,20,24)(H,22,23). The normalized spacial score (nSPS) is 25.9. The van der Waals surface area contributed by atoms with Crippen molar-refractivity contribution in [2.75, 3.05) is 18.8 Å². The Kier molecular flexibility index (Phi) is 9.07. The fourth-order valence-electron chi connectivity index (χ4n) is 3.74. The maximum atomic E-state index is 12.4. The van der Waals surface area contributed by atoms with E-state index in [1.165, 1.54) is 42.2 Å². The van der Waals surface area contributed by atoms with Gasteiger partial charge in [-0.05, 0) is 52.4 Å². The third-order valence-corrected chi connectivity index (χ3v) is 10.5. The second kappa shape index (κ2) is 10.0. The van der Waals surface area contributed by atoms with E-state index in [0.717, 1.165) is 0 Å². The van der Waals surface area contributed by atoms with Gasteiger partial charge >= 0.3 is 12.1 Å². The Balaban J connectivity index is 3.29. The number of carbonyl (C=O) groups excluding carboxylic acids is 2. The van der Waals surface area contributed by atoms with Crippen molar-refractivity contribution in [1.29, 1.82) is 0 Å². The first kappa shape index (κ1) is 26.3. The monoisotopic (exact) mass is 468 g/mol. The van der Waals surface area contributed by atoms with Crippen molar-refractivity contribution in [3.05, 3.63) is 0 Å². The van der Waals surface area contributed by atoms with Crippen LogP contribution in [0.2, 0.25) is 0 Å².